The van der Waals surface area contributed by atoms with Gasteiger partial charge >= 0.3 is 0 Å². The number of nitrogens with one attached hydrogen (secondary N) is 2. The predicted molar refractivity (Wildman–Crippen MR) is 139 cm³/mol. The van der Waals surface area contributed by atoms with E-state index in [2.05, 4.69) is 52.3 Å². The third-order valence-corrected chi connectivity index (χ3v) is 6.38. The van der Waals surface area contributed by atoms with Gasteiger partial charge in [0.25, 0.3) is 5.91 Å². The Morgan fingerprint density at radius 1 is 1.00 bits per heavy atom. The normalized spacial score (nSPS) is 15.2. The number of allylic oxidation sites excluding steroid dienone is 2. The van der Waals surface area contributed by atoms with Gasteiger partial charge in [-0.15, -0.1) is 0 Å². The number of thioether (sulfide) groups is 1. The average molecular weight is 477 g/mol. The number of amidine groups is 1. The molecule has 0 aromatic heterocycles. The van der Waals surface area contributed by atoms with Gasteiger partial charge in [-0.2, -0.15) is 0 Å². The Balaban J connectivity index is 0.000000192. The summed E-state index contributed by atoms with van der Waals surface area (Å²) in [5.74, 6) is 0.598. The third-order valence-electron chi connectivity index (χ3n) is 5.31. The van der Waals surface area contributed by atoms with E-state index in [0.29, 0.717) is 5.56 Å². The molecule has 2 aliphatic heterocycles. The number of likely N-dealkylation sites (tertiary alicyclic amines) is 1. The first-order chi connectivity index (χ1) is 16.6. The van der Waals surface area contributed by atoms with E-state index in [1.54, 1.807) is 48.2 Å². The van der Waals surface area contributed by atoms with Crippen molar-refractivity contribution in [2.24, 2.45) is 4.99 Å². The maximum atomic E-state index is 11.5. The second-order valence-electron chi connectivity index (χ2n) is 8.00. The molecule has 0 radical (unpaired) electrons. The second kappa shape index (κ2) is 13.4. The third kappa shape index (κ3) is 7.63. The number of piperidine rings is 1. The van der Waals surface area contributed by atoms with Crippen molar-refractivity contribution in [3.8, 4) is 0 Å². The van der Waals surface area contributed by atoms with Crippen molar-refractivity contribution in [2.45, 2.75) is 44.4 Å². The number of amides is 2. The van der Waals surface area contributed by atoms with Gasteiger partial charge in [0.2, 0.25) is 5.91 Å². The van der Waals surface area contributed by atoms with Crippen molar-refractivity contribution in [3.05, 3.63) is 89.0 Å². The average Bonchev–Trinajstić information content (AvgIpc) is 3.06. The summed E-state index contributed by atoms with van der Waals surface area (Å²) in [6.07, 6.45) is 7.68. The van der Waals surface area contributed by atoms with Gasteiger partial charge in [-0.25, -0.2) is 4.99 Å². The first-order valence-corrected chi connectivity index (χ1v) is 12.5. The maximum Gasteiger partial charge on any atom is 0.269 e. The SMILES string of the molecule is C/C=C\CC(=O)NNC(=O)c1ccccc1.CC1=CSc2ccccc2C(N2CCCCC2)=N1. The lowest BCUT2D eigenvalue weighted by Crippen LogP contribution is -2.41. The van der Waals surface area contributed by atoms with Gasteiger partial charge in [0.1, 0.15) is 5.84 Å². The Labute approximate surface area is 206 Å². The predicted octanol–water partition coefficient (Wildman–Crippen LogP) is 5.30. The fraction of sp³-hybridized carbons (Fsp3) is 0.296. The van der Waals surface area contributed by atoms with Gasteiger partial charge in [-0.1, -0.05) is 60.3 Å². The number of hydrazine groups is 1. The molecule has 2 aliphatic rings. The molecular weight excluding hydrogens is 444 g/mol. The van der Waals surface area contributed by atoms with Crippen molar-refractivity contribution in [2.75, 3.05) is 13.1 Å². The molecule has 2 N–H and O–H groups in total. The zero-order valence-electron chi connectivity index (χ0n) is 19.8. The smallest absolute Gasteiger partial charge is 0.269 e. The Morgan fingerprint density at radius 2 is 1.71 bits per heavy atom. The van der Waals surface area contributed by atoms with Crippen LogP contribution in [0.3, 0.4) is 0 Å². The van der Waals surface area contributed by atoms with Crippen LogP contribution in [0.15, 0.2) is 87.7 Å². The maximum absolute atomic E-state index is 11.5. The van der Waals surface area contributed by atoms with E-state index in [9.17, 15) is 9.59 Å². The first-order valence-electron chi connectivity index (χ1n) is 11.6. The molecule has 6 nitrogen and oxygen atoms in total. The molecule has 34 heavy (non-hydrogen) atoms. The lowest BCUT2D eigenvalue weighted by Gasteiger charge is -2.30. The summed E-state index contributed by atoms with van der Waals surface area (Å²) in [7, 11) is 0. The fourth-order valence-electron chi connectivity index (χ4n) is 3.57. The zero-order valence-corrected chi connectivity index (χ0v) is 20.6. The first kappa shape index (κ1) is 25.3. The molecule has 1 saturated heterocycles. The summed E-state index contributed by atoms with van der Waals surface area (Å²) >= 11 is 1.78. The van der Waals surface area contributed by atoms with Crippen LogP contribution < -0.4 is 10.9 Å². The Morgan fingerprint density at radius 3 is 2.44 bits per heavy atom. The number of benzene rings is 2. The van der Waals surface area contributed by atoms with Crippen LogP contribution in [0.1, 0.15) is 55.5 Å². The molecule has 2 heterocycles. The van der Waals surface area contributed by atoms with Gasteiger partial charge < -0.3 is 4.90 Å². The molecule has 7 heteroatoms. The summed E-state index contributed by atoms with van der Waals surface area (Å²) in [6, 6.07) is 17.3. The minimum atomic E-state index is -0.325. The van der Waals surface area contributed by atoms with Crippen LogP contribution in [0.25, 0.3) is 0 Å². The number of carbonyl (C=O) groups excluding carboxylic acids is 2. The van der Waals surface area contributed by atoms with E-state index in [-0.39, 0.29) is 18.2 Å². The monoisotopic (exact) mass is 476 g/mol. The van der Waals surface area contributed by atoms with E-state index in [1.165, 1.54) is 35.6 Å². The Bertz CT molecular complexity index is 1060. The van der Waals surface area contributed by atoms with Crippen LogP contribution >= 0.6 is 11.8 Å². The molecule has 2 aromatic carbocycles. The molecule has 0 spiro atoms. The highest BCUT2D eigenvalue weighted by molar-refractivity contribution is 8.02. The van der Waals surface area contributed by atoms with E-state index in [4.69, 9.17) is 4.99 Å². The number of carbonyl (C=O) groups is 2. The number of hydrogen-bond donors (Lipinski definition) is 2. The van der Waals surface area contributed by atoms with Crippen LogP contribution in [0, 0.1) is 0 Å². The van der Waals surface area contributed by atoms with Crippen molar-refractivity contribution in [1.29, 1.82) is 0 Å². The van der Waals surface area contributed by atoms with E-state index >= 15 is 0 Å². The molecule has 2 amide bonds. The zero-order chi connectivity index (χ0) is 24.2. The second-order valence-corrected chi connectivity index (χ2v) is 8.91. The summed E-state index contributed by atoms with van der Waals surface area (Å²) < 4.78 is 0. The highest BCUT2D eigenvalue weighted by Gasteiger charge is 2.20. The Hall–Kier alpha value is -3.32. The topological polar surface area (TPSA) is 73.8 Å². The number of hydrogen-bond acceptors (Lipinski definition) is 5. The molecule has 0 atom stereocenters. The van der Waals surface area contributed by atoms with Crippen LogP contribution in [0.4, 0.5) is 0 Å². The van der Waals surface area contributed by atoms with Gasteiger partial charge in [-0.3, -0.25) is 20.4 Å². The highest BCUT2D eigenvalue weighted by atomic mass is 32.2. The molecule has 4 rings (SSSR count). The number of aliphatic imine (C=N–C) groups is 1. The van der Waals surface area contributed by atoms with Crippen LogP contribution in [0.2, 0.25) is 0 Å². The number of rotatable bonds is 3. The standard InChI is InChI=1S/C15H18N2S.C12H14N2O2/c1-12-11-18-14-8-4-3-7-13(14)15(16-12)17-9-5-2-6-10-17;1-2-3-9-11(15)13-14-12(16)10-7-5-4-6-8-10/h3-4,7-8,11H,2,5-6,9-10H2,1H3;2-8H,9H2,1H3,(H,13,15)(H,14,16)/b;3-2-. The van der Waals surface area contributed by atoms with Crippen LogP contribution in [0.5, 0.6) is 0 Å². The van der Waals surface area contributed by atoms with Gasteiger partial charge in [-0.05, 0) is 56.7 Å². The molecule has 1 fully saturated rings. The van der Waals surface area contributed by atoms with Gasteiger partial charge in [0.05, 0.1) is 0 Å². The van der Waals surface area contributed by atoms with Crippen LogP contribution in [-0.4, -0.2) is 35.6 Å². The van der Waals surface area contributed by atoms with Crippen molar-refractivity contribution < 1.29 is 9.59 Å². The summed E-state index contributed by atoms with van der Waals surface area (Å²) in [5, 5.41) is 2.15. The molecule has 0 aliphatic carbocycles. The lowest BCUT2D eigenvalue weighted by atomic mass is 10.1. The fourth-order valence-corrected chi connectivity index (χ4v) is 4.36. The van der Waals surface area contributed by atoms with Crippen molar-refractivity contribution in [1.82, 2.24) is 15.8 Å². The Kier molecular flexibility index (Phi) is 9.98. The molecular formula is C27H32N4O2S. The molecule has 0 unspecified atom stereocenters. The largest absolute Gasteiger partial charge is 0.356 e. The number of fused-ring (bicyclic) bond motifs is 1. The molecule has 0 bridgehead atoms. The quantitative estimate of drug-likeness (QED) is 0.466. The molecule has 0 saturated carbocycles. The van der Waals surface area contributed by atoms with E-state index in [0.717, 1.165) is 18.8 Å². The van der Waals surface area contributed by atoms with Gasteiger partial charge in [0.15, 0.2) is 0 Å². The number of nitrogens with zero attached hydrogens (tertiary/aromatic N) is 2. The minimum absolute atomic E-state index is 0.248. The summed E-state index contributed by atoms with van der Waals surface area (Å²) in [4.78, 5) is 31.2. The lowest BCUT2D eigenvalue weighted by molar-refractivity contribution is -0.121. The summed E-state index contributed by atoms with van der Waals surface area (Å²) in [6.45, 7) is 6.20. The van der Waals surface area contributed by atoms with Gasteiger partial charge in [0, 0.05) is 41.2 Å². The van der Waals surface area contributed by atoms with E-state index < -0.39 is 0 Å². The minimum Gasteiger partial charge on any atom is -0.356 e. The van der Waals surface area contributed by atoms with Crippen molar-refractivity contribution >= 4 is 29.4 Å². The molecule has 2 aromatic rings. The molecule has 178 valence electrons. The highest BCUT2D eigenvalue weighted by Crippen LogP contribution is 2.30. The van der Waals surface area contributed by atoms with Crippen molar-refractivity contribution in [3.63, 3.8) is 0 Å². The van der Waals surface area contributed by atoms with Crippen LogP contribution in [-0.2, 0) is 4.79 Å². The summed E-state index contributed by atoms with van der Waals surface area (Å²) in [5.41, 5.74) is 7.57. The van der Waals surface area contributed by atoms with E-state index in [1.807, 2.05) is 13.0 Å².